The lowest BCUT2D eigenvalue weighted by molar-refractivity contribution is 0.174. The molecule has 24 heavy (non-hydrogen) atoms. The van der Waals surface area contributed by atoms with Crippen LogP contribution in [0.1, 0.15) is 62.6 Å². The van der Waals surface area contributed by atoms with Gasteiger partial charge in [0.2, 0.25) is 0 Å². The van der Waals surface area contributed by atoms with E-state index >= 15 is 0 Å². The largest absolute Gasteiger partial charge is 0.481 e. The molecular formula is C18H28ClN3O2. The van der Waals surface area contributed by atoms with Gasteiger partial charge >= 0.3 is 0 Å². The first kappa shape index (κ1) is 20.5. The van der Waals surface area contributed by atoms with Crippen LogP contribution < -0.4 is 10.1 Å². The lowest BCUT2D eigenvalue weighted by Gasteiger charge is -2.15. The number of hydrogen-bond donors (Lipinski definition) is 1. The summed E-state index contributed by atoms with van der Waals surface area (Å²) in [6.45, 7) is 10.4. The van der Waals surface area contributed by atoms with Gasteiger partial charge in [-0.1, -0.05) is 31.1 Å². The second kappa shape index (κ2) is 9.04. The summed E-state index contributed by atoms with van der Waals surface area (Å²) in [6, 6.07) is 6.63. The number of nitrogens with zero attached hydrogens (tertiary/aromatic N) is 2. The molecule has 0 saturated carbocycles. The van der Waals surface area contributed by atoms with Crippen molar-refractivity contribution in [1.82, 2.24) is 15.5 Å². The Labute approximate surface area is 150 Å². The number of aromatic nitrogens is 2. The smallest absolute Gasteiger partial charge is 0.267 e. The quantitative estimate of drug-likeness (QED) is 0.807. The van der Waals surface area contributed by atoms with Crippen molar-refractivity contribution in [1.29, 1.82) is 0 Å². The number of nitrogens with one attached hydrogen (secondary N) is 1. The van der Waals surface area contributed by atoms with Crippen molar-refractivity contribution in [2.24, 2.45) is 0 Å². The second-order valence-electron chi connectivity index (χ2n) is 6.38. The van der Waals surface area contributed by atoms with E-state index in [4.69, 9.17) is 9.26 Å². The van der Waals surface area contributed by atoms with Gasteiger partial charge in [0.05, 0.1) is 0 Å². The van der Waals surface area contributed by atoms with E-state index in [-0.39, 0.29) is 18.5 Å². The molecular weight excluding hydrogens is 326 g/mol. The van der Waals surface area contributed by atoms with E-state index < -0.39 is 0 Å². The zero-order valence-electron chi connectivity index (χ0n) is 15.3. The summed E-state index contributed by atoms with van der Waals surface area (Å²) < 4.78 is 11.4. The molecule has 2 unspecified atom stereocenters. The molecule has 0 fully saturated rings. The van der Waals surface area contributed by atoms with Crippen LogP contribution in [0.25, 0.3) is 0 Å². The summed E-state index contributed by atoms with van der Waals surface area (Å²) in [7, 11) is 1.92. The Morgan fingerprint density at radius 3 is 2.54 bits per heavy atom. The van der Waals surface area contributed by atoms with E-state index in [2.05, 4.69) is 54.4 Å². The van der Waals surface area contributed by atoms with Crippen LogP contribution in [0.3, 0.4) is 0 Å². The summed E-state index contributed by atoms with van der Waals surface area (Å²) in [5.74, 6) is 2.54. The summed E-state index contributed by atoms with van der Waals surface area (Å²) in [5.41, 5.74) is 2.36. The molecule has 5 nitrogen and oxygen atoms in total. The number of ether oxygens (including phenoxy) is 1. The average molecular weight is 354 g/mol. The van der Waals surface area contributed by atoms with Gasteiger partial charge in [0.25, 0.3) is 5.89 Å². The molecule has 0 saturated heterocycles. The van der Waals surface area contributed by atoms with Crippen LogP contribution in [0.5, 0.6) is 5.75 Å². The van der Waals surface area contributed by atoms with Gasteiger partial charge in [0.15, 0.2) is 11.9 Å². The molecule has 0 bridgehead atoms. The molecule has 1 aromatic carbocycles. The minimum Gasteiger partial charge on any atom is -0.481 e. The van der Waals surface area contributed by atoms with Gasteiger partial charge in [-0.05, 0) is 50.9 Å². The van der Waals surface area contributed by atoms with E-state index in [9.17, 15) is 0 Å². The maximum absolute atomic E-state index is 6.05. The molecule has 0 amide bonds. The highest BCUT2D eigenvalue weighted by Gasteiger charge is 2.18. The molecule has 0 aliphatic carbocycles. The van der Waals surface area contributed by atoms with E-state index in [1.807, 2.05) is 20.9 Å². The predicted octanol–water partition coefficient (Wildman–Crippen LogP) is 4.21. The van der Waals surface area contributed by atoms with Crippen LogP contribution in [0.2, 0.25) is 0 Å². The van der Waals surface area contributed by atoms with Crippen molar-refractivity contribution in [3.8, 4) is 5.75 Å². The van der Waals surface area contributed by atoms with Gasteiger partial charge in [0.1, 0.15) is 5.75 Å². The van der Waals surface area contributed by atoms with Crippen molar-refractivity contribution in [3.63, 3.8) is 0 Å². The van der Waals surface area contributed by atoms with Gasteiger partial charge in [-0.15, -0.1) is 12.4 Å². The fourth-order valence-corrected chi connectivity index (χ4v) is 2.24. The third-order valence-electron chi connectivity index (χ3n) is 4.00. The number of benzene rings is 1. The van der Waals surface area contributed by atoms with Crippen LogP contribution >= 0.6 is 12.4 Å². The Bertz CT molecular complexity index is 643. The predicted molar refractivity (Wildman–Crippen MR) is 98.1 cm³/mol. The van der Waals surface area contributed by atoms with Gasteiger partial charge in [-0.3, -0.25) is 0 Å². The second-order valence-corrected chi connectivity index (χ2v) is 6.38. The number of hydrogen-bond acceptors (Lipinski definition) is 5. The zero-order valence-corrected chi connectivity index (χ0v) is 16.1. The van der Waals surface area contributed by atoms with E-state index in [0.29, 0.717) is 23.7 Å². The highest BCUT2D eigenvalue weighted by Crippen LogP contribution is 2.28. The topological polar surface area (TPSA) is 60.2 Å². The van der Waals surface area contributed by atoms with Crippen molar-refractivity contribution in [2.75, 3.05) is 7.05 Å². The first-order chi connectivity index (χ1) is 10.9. The fraction of sp³-hybridized carbons (Fsp3) is 0.556. The molecule has 2 aromatic rings. The Balaban J connectivity index is 0.00000288. The molecule has 0 aliphatic rings. The molecule has 0 radical (unpaired) electrons. The Morgan fingerprint density at radius 1 is 1.21 bits per heavy atom. The first-order valence-corrected chi connectivity index (χ1v) is 8.17. The lowest BCUT2D eigenvalue weighted by atomic mass is 10.0. The number of aryl methyl sites for hydroxylation is 1. The SMILES string of the molecule is CNC(C)Cc1noc(C(C)Oc2cc(C(C)C)ccc2C)n1.Cl. The van der Waals surface area contributed by atoms with Crippen LogP contribution in [-0.4, -0.2) is 23.2 Å². The number of rotatable bonds is 7. The molecule has 2 rings (SSSR count). The number of likely N-dealkylation sites (N-methyl/N-ethyl adjacent to an activating group) is 1. The summed E-state index contributed by atoms with van der Waals surface area (Å²) in [6.07, 6.45) is 0.455. The number of halogens is 1. The standard InChI is InChI=1S/C18H27N3O2.ClH/c1-11(2)15-8-7-12(3)16(10-15)22-14(5)18-20-17(21-23-18)9-13(4)19-6;/h7-8,10-11,13-14,19H,9H2,1-6H3;1H. The van der Waals surface area contributed by atoms with Crippen molar-refractivity contribution in [3.05, 3.63) is 41.0 Å². The Hall–Kier alpha value is -1.59. The van der Waals surface area contributed by atoms with Gasteiger partial charge < -0.3 is 14.6 Å². The summed E-state index contributed by atoms with van der Waals surface area (Å²) >= 11 is 0. The molecule has 0 aliphatic heterocycles. The van der Waals surface area contributed by atoms with Gasteiger partial charge in [-0.2, -0.15) is 4.98 Å². The third kappa shape index (κ3) is 5.21. The average Bonchev–Trinajstić information content (AvgIpc) is 2.97. The zero-order chi connectivity index (χ0) is 17.0. The minimum absolute atomic E-state index is 0. The van der Waals surface area contributed by atoms with Crippen LogP contribution in [0.4, 0.5) is 0 Å². The molecule has 1 N–H and O–H groups in total. The lowest BCUT2D eigenvalue weighted by Crippen LogP contribution is -2.24. The third-order valence-corrected chi connectivity index (χ3v) is 4.00. The van der Waals surface area contributed by atoms with E-state index in [1.54, 1.807) is 0 Å². The molecule has 1 heterocycles. The van der Waals surface area contributed by atoms with Gasteiger partial charge in [-0.25, -0.2) is 0 Å². The molecule has 0 spiro atoms. The summed E-state index contributed by atoms with van der Waals surface area (Å²) in [5, 5.41) is 7.19. The minimum atomic E-state index is -0.276. The van der Waals surface area contributed by atoms with Gasteiger partial charge in [0, 0.05) is 12.5 Å². The normalized spacial score (nSPS) is 13.5. The van der Waals surface area contributed by atoms with E-state index in [0.717, 1.165) is 17.7 Å². The van der Waals surface area contributed by atoms with Crippen LogP contribution in [0, 0.1) is 6.92 Å². The van der Waals surface area contributed by atoms with E-state index in [1.165, 1.54) is 5.56 Å². The van der Waals surface area contributed by atoms with Crippen LogP contribution in [-0.2, 0) is 6.42 Å². The highest BCUT2D eigenvalue weighted by atomic mass is 35.5. The molecule has 134 valence electrons. The maximum atomic E-state index is 6.05. The molecule has 6 heteroatoms. The maximum Gasteiger partial charge on any atom is 0.267 e. The highest BCUT2D eigenvalue weighted by molar-refractivity contribution is 5.85. The van der Waals surface area contributed by atoms with Crippen molar-refractivity contribution >= 4 is 12.4 Å². The Morgan fingerprint density at radius 2 is 1.92 bits per heavy atom. The van der Waals surface area contributed by atoms with Crippen molar-refractivity contribution < 1.29 is 9.26 Å². The monoisotopic (exact) mass is 353 g/mol. The fourth-order valence-electron chi connectivity index (χ4n) is 2.24. The Kier molecular flexibility index (Phi) is 7.70. The van der Waals surface area contributed by atoms with Crippen LogP contribution in [0.15, 0.2) is 22.7 Å². The van der Waals surface area contributed by atoms with Crippen molar-refractivity contribution in [2.45, 2.75) is 59.1 Å². The molecule has 2 atom stereocenters. The molecule has 1 aromatic heterocycles. The summed E-state index contributed by atoms with van der Waals surface area (Å²) in [4.78, 5) is 4.44. The first-order valence-electron chi connectivity index (χ1n) is 8.17.